The average Bonchev–Trinajstić information content (AvgIpc) is 3.56. The predicted octanol–water partition coefficient (Wildman–Crippen LogP) is 1.58. The van der Waals surface area contributed by atoms with Crippen molar-refractivity contribution in [1.82, 2.24) is 41.1 Å². The van der Waals surface area contributed by atoms with Crippen LogP contribution in [-0.2, 0) is 29.2 Å². The lowest BCUT2D eigenvalue weighted by atomic mass is 9.58. The second-order valence-electron chi connectivity index (χ2n) is 16.8. The van der Waals surface area contributed by atoms with Crippen LogP contribution in [0.2, 0.25) is 0 Å². The van der Waals surface area contributed by atoms with Gasteiger partial charge in [-0.15, -0.1) is 0 Å². The first-order chi connectivity index (χ1) is 27.2. The van der Waals surface area contributed by atoms with E-state index in [4.69, 9.17) is 0 Å². The Morgan fingerprint density at radius 1 is 0.789 bits per heavy atom. The van der Waals surface area contributed by atoms with Crippen LogP contribution in [0.25, 0.3) is 0 Å². The lowest BCUT2D eigenvalue weighted by molar-refractivity contribution is -0.155. The van der Waals surface area contributed by atoms with Crippen molar-refractivity contribution < 1.29 is 32.4 Å². The van der Waals surface area contributed by atoms with E-state index in [0.29, 0.717) is 77.3 Å². The number of amides is 5. The van der Waals surface area contributed by atoms with Crippen LogP contribution in [0.5, 0.6) is 0 Å². The van der Waals surface area contributed by atoms with Crippen LogP contribution >= 0.6 is 0 Å². The number of nitrogens with one attached hydrogen (secondary N) is 6. The van der Waals surface area contributed by atoms with Gasteiger partial charge in [-0.2, -0.15) is 10.2 Å². The maximum atomic E-state index is 13.9. The molecular formula is C39H68N10O7S. The Morgan fingerprint density at radius 2 is 1.33 bits per heavy atom. The number of nitrogens with zero attached hydrogens (tertiary/aromatic N) is 4. The Morgan fingerprint density at radius 3 is 1.84 bits per heavy atom. The fraction of sp³-hybridized carbons (Fsp3) is 0.872. The second-order valence-corrected chi connectivity index (χ2v) is 18.8. The van der Waals surface area contributed by atoms with E-state index in [0.717, 1.165) is 52.1 Å². The molecule has 2 aliphatic heterocycles. The molecule has 6 N–H and O–H groups in total. The third-order valence-electron chi connectivity index (χ3n) is 13.4. The topological polar surface area (TPSA) is 223 Å². The van der Waals surface area contributed by atoms with Gasteiger partial charge in [-0.05, 0) is 123 Å². The number of Topliss-reactive ketones (excluding diaryl/α,β-unsaturated/α-hetero) is 1. The molecule has 0 bridgehead atoms. The van der Waals surface area contributed by atoms with Gasteiger partial charge in [-0.1, -0.05) is 27.7 Å². The highest BCUT2D eigenvalue weighted by atomic mass is 32.2. The van der Waals surface area contributed by atoms with Gasteiger partial charge >= 0.3 is 6.03 Å². The Balaban J connectivity index is 1.18. The van der Waals surface area contributed by atoms with Gasteiger partial charge in [0.15, 0.2) is 5.78 Å². The molecule has 0 radical (unpaired) electrons. The van der Waals surface area contributed by atoms with Crippen LogP contribution in [0.15, 0.2) is 10.2 Å². The van der Waals surface area contributed by atoms with Crippen LogP contribution in [0.1, 0.15) is 112 Å². The van der Waals surface area contributed by atoms with Gasteiger partial charge in [0, 0.05) is 31.0 Å². The Labute approximate surface area is 338 Å². The summed E-state index contributed by atoms with van der Waals surface area (Å²) in [5, 5.41) is 23.1. The number of hydrogen-bond donors (Lipinski definition) is 6. The number of fused-ring (bicyclic) bond motifs is 1. The summed E-state index contributed by atoms with van der Waals surface area (Å²) in [5.74, 6) is -2.20. The van der Waals surface area contributed by atoms with E-state index < -0.39 is 55.9 Å². The molecule has 0 aromatic carbocycles. The number of urea groups is 1. The van der Waals surface area contributed by atoms with Crippen molar-refractivity contribution in [3.8, 4) is 0 Å². The minimum absolute atomic E-state index is 0.0759. The van der Waals surface area contributed by atoms with E-state index in [1.165, 1.54) is 6.92 Å². The lowest BCUT2D eigenvalue weighted by Gasteiger charge is -2.57. The molecule has 0 aromatic rings. The third kappa shape index (κ3) is 10.3. The van der Waals surface area contributed by atoms with E-state index in [9.17, 15) is 32.4 Å². The van der Waals surface area contributed by atoms with Gasteiger partial charge in [-0.25, -0.2) is 17.9 Å². The Bertz CT molecular complexity index is 1530. The fourth-order valence-electron chi connectivity index (χ4n) is 9.84. The maximum absolute atomic E-state index is 13.9. The number of sulfonamides is 1. The van der Waals surface area contributed by atoms with Crippen LogP contribution < -0.4 is 31.3 Å². The lowest BCUT2D eigenvalue weighted by Crippen LogP contribution is -2.85. The molecule has 3 saturated carbocycles. The number of rotatable bonds is 20. The molecule has 322 valence electrons. The summed E-state index contributed by atoms with van der Waals surface area (Å²) >= 11 is 0. The number of carbonyl (C=O) groups excluding carboxylic acids is 5. The predicted molar refractivity (Wildman–Crippen MR) is 216 cm³/mol. The van der Waals surface area contributed by atoms with Gasteiger partial charge in [0.05, 0.1) is 28.9 Å². The molecule has 3 aliphatic carbocycles. The number of ketones is 1. The van der Waals surface area contributed by atoms with E-state index in [1.54, 1.807) is 0 Å². The zero-order valence-electron chi connectivity index (χ0n) is 34.7. The second kappa shape index (κ2) is 19.7. The summed E-state index contributed by atoms with van der Waals surface area (Å²) < 4.78 is 30.7. The van der Waals surface area contributed by atoms with E-state index in [-0.39, 0.29) is 36.0 Å². The SMILES string of the molecule is CCN(CC)CCCNC(=O)C1CC(NS(=O)(=O)C2CCC(N=NC3(C(C)=O)C(=O)NC34CCC3NC(=O)NC3C4)CC2)CC(C(=O)NCCCN(CC)CC)C1. The molecular weight excluding hydrogens is 753 g/mol. The minimum Gasteiger partial charge on any atom is -0.356 e. The molecule has 5 fully saturated rings. The molecule has 5 amide bonds. The van der Waals surface area contributed by atoms with E-state index >= 15 is 0 Å². The summed E-state index contributed by atoms with van der Waals surface area (Å²) in [6.07, 6.45) is 5.44. The highest BCUT2D eigenvalue weighted by Crippen LogP contribution is 2.48. The normalized spacial score (nSPS) is 32.7. The number of β-lactam (4-membered cyclic amide) rings is 1. The van der Waals surface area contributed by atoms with Crippen LogP contribution in [0.4, 0.5) is 4.79 Å². The van der Waals surface area contributed by atoms with Crippen molar-refractivity contribution >= 4 is 39.6 Å². The van der Waals surface area contributed by atoms with Crippen LogP contribution in [0.3, 0.4) is 0 Å². The fourth-order valence-corrected chi connectivity index (χ4v) is 11.6. The van der Waals surface area contributed by atoms with Gasteiger partial charge in [-0.3, -0.25) is 19.2 Å². The van der Waals surface area contributed by atoms with Gasteiger partial charge in [0.25, 0.3) is 5.91 Å². The van der Waals surface area contributed by atoms with Crippen molar-refractivity contribution in [3.63, 3.8) is 0 Å². The number of hydrogen-bond acceptors (Lipinski definition) is 11. The monoisotopic (exact) mass is 820 g/mol. The number of carbonyl (C=O) groups is 5. The summed E-state index contributed by atoms with van der Waals surface area (Å²) in [7, 11) is -3.83. The molecule has 6 atom stereocenters. The molecule has 2 saturated heterocycles. The number of azo groups is 1. The molecule has 6 unspecified atom stereocenters. The Kier molecular flexibility index (Phi) is 15.5. The van der Waals surface area contributed by atoms with Crippen molar-refractivity contribution in [2.45, 2.75) is 152 Å². The summed E-state index contributed by atoms with van der Waals surface area (Å²) in [4.78, 5) is 69.7. The summed E-state index contributed by atoms with van der Waals surface area (Å²) in [6, 6.07) is -1.51. The van der Waals surface area contributed by atoms with Gasteiger partial charge < -0.3 is 36.4 Å². The molecule has 1 spiro atoms. The van der Waals surface area contributed by atoms with Crippen molar-refractivity contribution in [3.05, 3.63) is 0 Å². The molecule has 18 heteroatoms. The molecule has 57 heavy (non-hydrogen) atoms. The van der Waals surface area contributed by atoms with Crippen molar-refractivity contribution in [1.29, 1.82) is 0 Å². The molecule has 2 heterocycles. The average molecular weight is 821 g/mol. The molecule has 5 aliphatic rings. The first-order valence-electron chi connectivity index (χ1n) is 21.5. The summed E-state index contributed by atoms with van der Waals surface area (Å²) in [5.41, 5.74) is -2.62. The summed E-state index contributed by atoms with van der Waals surface area (Å²) in [6.45, 7) is 16.3. The molecule has 0 aromatic heterocycles. The van der Waals surface area contributed by atoms with Crippen molar-refractivity contribution in [2.75, 3.05) is 52.4 Å². The van der Waals surface area contributed by atoms with Gasteiger partial charge in [0.1, 0.15) is 0 Å². The first-order valence-corrected chi connectivity index (χ1v) is 23.1. The Hall–Kier alpha value is -3.22. The molecule has 5 rings (SSSR count). The quantitative estimate of drug-likeness (QED) is 0.0454. The largest absolute Gasteiger partial charge is 0.356 e. The highest BCUT2D eigenvalue weighted by molar-refractivity contribution is 7.90. The first kappa shape index (κ1) is 44.9. The zero-order chi connectivity index (χ0) is 41.4. The third-order valence-corrected chi connectivity index (χ3v) is 15.4. The molecule has 17 nitrogen and oxygen atoms in total. The smallest absolute Gasteiger partial charge is 0.315 e. The van der Waals surface area contributed by atoms with E-state index in [1.807, 2.05) is 0 Å². The van der Waals surface area contributed by atoms with Gasteiger partial charge in [0.2, 0.25) is 27.4 Å². The van der Waals surface area contributed by atoms with Crippen LogP contribution in [-0.4, -0.2) is 141 Å². The van der Waals surface area contributed by atoms with Crippen molar-refractivity contribution in [2.24, 2.45) is 22.1 Å². The maximum Gasteiger partial charge on any atom is 0.315 e. The van der Waals surface area contributed by atoms with Crippen LogP contribution in [0, 0.1) is 11.8 Å². The zero-order valence-corrected chi connectivity index (χ0v) is 35.6. The highest BCUT2D eigenvalue weighted by Gasteiger charge is 2.72. The minimum atomic E-state index is -3.83. The standard InChI is InChI=1S/C39H68N10O7S/c1-6-48(7-2)20-10-18-40-34(51)27-22-28(35(52)41-19-11-21-49(8-3)9-4)24-30(23-27)46-57(55,56)31-14-12-29(13-15-31)45-47-39(26(5)50)36(53)44-38(39)17-16-32-33(25-38)43-37(54)42-32/h27-33,46H,6-25H2,1-5H3,(H,40,51)(H,41,52)(H,44,53)(H2,42,43,54). The van der Waals surface area contributed by atoms with E-state index in [2.05, 4.69) is 79.0 Å².